The zero-order chi connectivity index (χ0) is 24.1. The average Bonchev–Trinajstić information content (AvgIpc) is 2.78. The highest BCUT2D eigenvalue weighted by molar-refractivity contribution is 5.84. The molecular formula is C27H38N2O3. The lowest BCUT2D eigenvalue weighted by molar-refractivity contribution is -0.125. The summed E-state index contributed by atoms with van der Waals surface area (Å²) in [4.78, 5) is 25.8. The Morgan fingerprint density at radius 1 is 1.03 bits per heavy atom. The highest BCUT2D eigenvalue weighted by atomic mass is 16.5. The van der Waals surface area contributed by atoms with Gasteiger partial charge in [0.25, 0.3) is 5.91 Å². The van der Waals surface area contributed by atoms with Gasteiger partial charge < -0.3 is 15.4 Å². The summed E-state index contributed by atoms with van der Waals surface area (Å²) in [5.41, 5.74) is 8.57. The predicted octanol–water partition coefficient (Wildman–Crippen LogP) is 5.35. The van der Waals surface area contributed by atoms with E-state index in [-0.39, 0.29) is 10.8 Å². The summed E-state index contributed by atoms with van der Waals surface area (Å²) in [6, 6.07) is 14.8. The third-order valence-electron chi connectivity index (χ3n) is 6.84. The molecule has 0 heterocycles. The molecule has 0 bridgehead atoms. The minimum Gasteiger partial charge on any atom is -0.478 e. The minimum absolute atomic E-state index is 0.0229. The van der Waals surface area contributed by atoms with Crippen LogP contribution in [0.15, 0.2) is 48.5 Å². The maximum atomic E-state index is 12.5. The van der Waals surface area contributed by atoms with Crippen LogP contribution in [0.5, 0.6) is 5.75 Å². The monoisotopic (exact) mass is 438 g/mol. The van der Waals surface area contributed by atoms with Gasteiger partial charge in [-0.2, -0.15) is 0 Å². The van der Waals surface area contributed by atoms with Crippen LogP contribution in [0.3, 0.4) is 0 Å². The molecule has 0 saturated carbocycles. The molecule has 0 aliphatic carbocycles. The van der Waals surface area contributed by atoms with E-state index >= 15 is 0 Å². The molecule has 32 heavy (non-hydrogen) atoms. The van der Waals surface area contributed by atoms with E-state index in [0.29, 0.717) is 17.8 Å². The van der Waals surface area contributed by atoms with Gasteiger partial charge in [0.05, 0.1) is 6.04 Å². The molecule has 2 rings (SSSR count). The fourth-order valence-corrected chi connectivity index (χ4v) is 3.65. The molecule has 0 fully saturated rings. The quantitative estimate of drug-likeness (QED) is 0.481. The van der Waals surface area contributed by atoms with Gasteiger partial charge in [0.2, 0.25) is 6.41 Å². The van der Waals surface area contributed by atoms with Crippen molar-refractivity contribution in [3.8, 4) is 5.75 Å². The normalized spacial score (nSPS) is 13.8. The number of amides is 2. The molecule has 2 unspecified atom stereocenters. The number of primary amides is 1. The van der Waals surface area contributed by atoms with Crippen molar-refractivity contribution in [2.45, 2.75) is 84.3 Å². The number of rotatable bonds is 11. The largest absolute Gasteiger partial charge is 0.478 e. The van der Waals surface area contributed by atoms with Gasteiger partial charge in [0, 0.05) is 11.3 Å². The van der Waals surface area contributed by atoms with E-state index in [1.54, 1.807) is 6.92 Å². The first-order chi connectivity index (χ1) is 15.0. The highest BCUT2D eigenvalue weighted by Crippen LogP contribution is 2.39. The van der Waals surface area contributed by atoms with Gasteiger partial charge in [0.1, 0.15) is 5.75 Å². The second kappa shape index (κ2) is 10.2. The molecule has 0 saturated heterocycles. The smallest absolute Gasteiger partial charge is 0.260 e. The fourth-order valence-electron chi connectivity index (χ4n) is 3.65. The SMILES string of the molecule is CCC(C)(C)c1ccc(OC(C(N)=O)C(C)N(C=O)c2ccccc2)c(C(C)(C)CC)c1. The van der Waals surface area contributed by atoms with Gasteiger partial charge in [-0.1, -0.05) is 71.9 Å². The molecule has 2 aromatic rings. The van der Waals surface area contributed by atoms with Gasteiger partial charge in [-0.3, -0.25) is 9.59 Å². The van der Waals surface area contributed by atoms with Crippen molar-refractivity contribution in [2.75, 3.05) is 4.90 Å². The van der Waals surface area contributed by atoms with Crippen LogP contribution in [0.1, 0.15) is 72.4 Å². The van der Waals surface area contributed by atoms with Gasteiger partial charge in [-0.15, -0.1) is 0 Å². The van der Waals surface area contributed by atoms with Gasteiger partial charge >= 0.3 is 0 Å². The number of carbonyl (C=O) groups is 2. The summed E-state index contributed by atoms with van der Waals surface area (Å²) in [6.07, 6.45) is 1.62. The molecule has 0 spiro atoms. The summed E-state index contributed by atoms with van der Waals surface area (Å²) in [7, 11) is 0. The zero-order valence-corrected chi connectivity index (χ0v) is 20.5. The molecule has 0 radical (unpaired) electrons. The van der Waals surface area contributed by atoms with Crippen molar-refractivity contribution >= 4 is 18.0 Å². The fraction of sp³-hybridized carbons (Fsp3) is 0.481. The third kappa shape index (κ3) is 5.50. The van der Waals surface area contributed by atoms with Crippen LogP contribution in [-0.2, 0) is 20.4 Å². The first-order valence-electron chi connectivity index (χ1n) is 11.4. The Balaban J connectivity index is 2.50. The molecule has 174 valence electrons. The maximum Gasteiger partial charge on any atom is 0.260 e. The summed E-state index contributed by atoms with van der Waals surface area (Å²) in [5, 5.41) is 0. The Morgan fingerprint density at radius 3 is 2.12 bits per heavy atom. The van der Waals surface area contributed by atoms with Gasteiger partial charge in [-0.05, 0) is 54.4 Å². The van der Waals surface area contributed by atoms with E-state index in [9.17, 15) is 9.59 Å². The number of nitrogens with zero attached hydrogens (tertiary/aromatic N) is 1. The maximum absolute atomic E-state index is 12.5. The number of hydrogen-bond donors (Lipinski definition) is 1. The van der Waals surface area contributed by atoms with Crippen molar-refractivity contribution < 1.29 is 14.3 Å². The van der Waals surface area contributed by atoms with Crippen LogP contribution in [0, 0.1) is 0 Å². The molecule has 5 heteroatoms. The summed E-state index contributed by atoms with van der Waals surface area (Å²) < 4.78 is 6.29. The standard InChI is InChI=1S/C27H38N2O3/c1-8-26(4,5)20-15-16-23(22(17-20)27(6,7)9-2)32-24(25(28)31)19(3)29(18-30)21-13-11-10-12-14-21/h10-19,24H,8-9H2,1-7H3,(H2,28,31). The molecule has 2 aromatic carbocycles. The Bertz CT molecular complexity index is 922. The van der Waals surface area contributed by atoms with Crippen molar-refractivity contribution in [1.82, 2.24) is 0 Å². The molecule has 2 N–H and O–H groups in total. The van der Waals surface area contributed by atoms with Crippen LogP contribution in [0.4, 0.5) is 5.69 Å². The van der Waals surface area contributed by atoms with Crippen molar-refractivity contribution in [1.29, 1.82) is 0 Å². The molecular weight excluding hydrogens is 400 g/mol. The molecule has 5 nitrogen and oxygen atoms in total. The number of anilines is 1. The number of carbonyl (C=O) groups excluding carboxylic acids is 2. The minimum atomic E-state index is -1.00. The number of ether oxygens (including phenoxy) is 1. The van der Waals surface area contributed by atoms with Gasteiger partial charge in [0.15, 0.2) is 6.10 Å². The Hall–Kier alpha value is -2.82. The summed E-state index contributed by atoms with van der Waals surface area (Å²) in [5.74, 6) is 0.0144. The van der Waals surface area contributed by atoms with Crippen molar-refractivity contribution in [3.63, 3.8) is 0 Å². The summed E-state index contributed by atoms with van der Waals surface area (Å²) in [6.45, 7) is 14.9. The molecule has 2 amide bonds. The number of para-hydroxylation sites is 1. The van der Waals surface area contributed by atoms with Crippen molar-refractivity contribution in [2.24, 2.45) is 5.73 Å². The third-order valence-corrected chi connectivity index (χ3v) is 6.84. The van der Waals surface area contributed by atoms with E-state index in [0.717, 1.165) is 18.4 Å². The highest BCUT2D eigenvalue weighted by Gasteiger charge is 2.33. The van der Waals surface area contributed by atoms with Crippen molar-refractivity contribution in [3.05, 3.63) is 59.7 Å². The molecule has 2 atom stereocenters. The lowest BCUT2D eigenvalue weighted by Crippen LogP contribution is -2.50. The Labute approximate surface area is 192 Å². The predicted molar refractivity (Wildman–Crippen MR) is 131 cm³/mol. The lowest BCUT2D eigenvalue weighted by Gasteiger charge is -2.34. The van der Waals surface area contributed by atoms with Crippen LogP contribution < -0.4 is 15.4 Å². The number of hydrogen-bond acceptors (Lipinski definition) is 3. The molecule has 0 aromatic heterocycles. The second-order valence-corrected chi connectivity index (χ2v) is 9.72. The van der Waals surface area contributed by atoms with E-state index in [1.807, 2.05) is 36.4 Å². The zero-order valence-electron chi connectivity index (χ0n) is 20.5. The van der Waals surface area contributed by atoms with Crippen LogP contribution >= 0.6 is 0 Å². The van der Waals surface area contributed by atoms with E-state index in [2.05, 4.69) is 53.7 Å². The molecule has 0 aliphatic rings. The lowest BCUT2D eigenvalue weighted by atomic mass is 9.76. The average molecular weight is 439 g/mol. The Morgan fingerprint density at radius 2 is 1.62 bits per heavy atom. The number of nitrogens with two attached hydrogens (primary N) is 1. The van der Waals surface area contributed by atoms with Gasteiger partial charge in [-0.25, -0.2) is 0 Å². The first kappa shape index (κ1) is 25.4. The Kier molecular flexibility index (Phi) is 8.11. The first-order valence-corrected chi connectivity index (χ1v) is 11.4. The molecule has 0 aliphatic heterocycles. The van der Waals surface area contributed by atoms with Crippen LogP contribution in [-0.4, -0.2) is 24.5 Å². The number of benzene rings is 2. The van der Waals surface area contributed by atoms with Crippen LogP contribution in [0.25, 0.3) is 0 Å². The topological polar surface area (TPSA) is 72.6 Å². The van der Waals surface area contributed by atoms with E-state index in [4.69, 9.17) is 10.5 Å². The van der Waals surface area contributed by atoms with E-state index < -0.39 is 18.1 Å². The second-order valence-electron chi connectivity index (χ2n) is 9.72. The summed E-state index contributed by atoms with van der Waals surface area (Å²) >= 11 is 0. The van der Waals surface area contributed by atoms with E-state index in [1.165, 1.54) is 10.5 Å². The van der Waals surface area contributed by atoms with Crippen LogP contribution in [0.2, 0.25) is 0 Å².